The topological polar surface area (TPSA) is 66.8 Å². The molecule has 0 saturated heterocycles. The number of rotatable bonds is 7. The Kier molecular flexibility index (Phi) is 5.44. The third-order valence-corrected chi connectivity index (χ3v) is 3.20. The van der Waals surface area contributed by atoms with Crippen molar-refractivity contribution in [1.29, 1.82) is 0 Å². The number of halogens is 2. The van der Waals surface area contributed by atoms with E-state index in [1.54, 1.807) is 0 Å². The molecule has 4 nitrogen and oxygen atoms in total. The van der Waals surface area contributed by atoms with Crippen LogP contribution in [0.3, 0.4) is 0 Å². The monoisotopic (exact) mass is 288 g/mol. The summed E-state index contributed by atoms with van der Waals surface area (Å²) >= 11 is 0. The lowest BCUT2D eigenvalue weighted by molar-refractivity contribution is -0.152. The molecule has 1 aromatic rings. The second-order valence-electron chi connectivity index (χ2n) is 4.73. The molecule has 2 N–H and O–H groups in total. The van der Waals surface area contributed by atoms with Crippen molar-refractivity contribution >= 4 is 5.97 Å². The van der Waals surface area contributed by atoms with E-state index in [1.807, 2.05) is 6.92 Å². The van der Waals surface area contributed by atoms with E-state index in [-0.39, 0.29) is 17.7 Å². The lowest BCUT2D eigenvalue weighted by Gasteiger charge is -2.30. The summed E-state index contributed by atoms with van der Waals surface area (Å²) in [7, 11) is 0. The van der Waals surface area contributed by atoms with E-state index >= 15 is 0 Å². The summed E-state index contributed by atoms with van der Waals surface area (Å²) < 4.78 is 28.6. The van der Waals surface area contributed by atoms with Crippen LogP contribution in [0.5, 0.6) is 5.75 Å². The van der Waals surface area contributed by atoms with Gasteiger partial charge in [-0.2, -0.15) is 8.78 Å². The highest BCUT2D eigenvalue weighted by atomic mass is 19.3. The molecule has 0 radical (unpaired) electrons. The fourth-order valence-corrected chi connectivity index (χ4v) is 2.12. The number of ether oxygens (including phenoxy) is 1. The van der Waals surface area contributed by atoms with Crippen LogP contribution in [-0.4, -0.2) is 22.8 Å². The van der Waals surface area contributed by atoms with Crippen molar-refractivity contribution in [2.24, 2.45) is 5.92 Å². The minimum Gasteiger partial charge on any atom is -0.481 e. The fourth-order valence-electron chi connectivity index (χ4n) is 2.12. The zero-order valence-corrected chi connectivity index (χ0v) is 11.3. The van der Waals surface area contributed by atoms with Gasteiger partial charge in [0.1, 0.15) is 11.4 Å². The Bertz CT molecular complexity index is 460. The third kappa shape index (κ3) is 3.90. The van der Waals surface area contributed by atoms with Gasteiger partial charge in [-0.3, -0.25) is 4.79 Å². The zero-order chi connectivity index (χ0) is 15.3. The smallest absolute Gasteiger partial charge is 0.387 e. The van der Waals surface area contributed by atoms with Crippen LogP contribution in [0.1, 0.15) is 32.3 Å². The van der Waals surface area contributed by atoms with E-state index in [9.17, 15) is 23.8 Å². The van der Waals surface area contributed by atoms with E-state index < -0.39 is 24.1 Å². The molecular formula is C14H18F2O4. The molecule has 2 atom stereocenters. The van der Waals surface area contributed by atoms with E-state index in [4.69, 9.17) is 0 Å². The summed E-state index contributed by atoms with van der Waals surface area (Å²) in [6.45, 7) is 0.201. The predicted octanol–water partition coefficient (Wildman–Crippen LogP) is 3.00. The summed E-state index contributed by atoms with van der Waals surface area (Å²) in [6, 6.07) is 5.48. The second kappa shape index (κ2) is 6.65. The maximum Gasteiger partial charge on any atom is 0.387 e. The molecule has 2 unspecified atom stereocenters. The summed E-state index contributed by atoms with van der Waals surface area (Å²) in [5, 5.41) is 19.7. The molecule has 0 heterocycles. The van der Waals surface area contributed by atoms with E-state index in [2.05, 4.69) is 4.74 Å². The molecule has 112 valence electrons. The minimum atomic E-state index is -2.97. The van der Waals surface area contributed by atoms with Crippen molar-refractivity contribution < 1.29 is 28.5 Å². The van der Waals surface area contributed by atoms with Gasteiger partial charge in [-0.1, -0.05) is 25.5 Å². The Labute approximate surface area is 116 Å². The minimum absolute atomic E-state index is 0.113. The molecule has 0 aromatic heterocycles. The first-order chi connectivity index (χ1) is 9.28. The van der Waals surface area contributed by atoms with Gasteiger partial charge in [0.2, 0.25) is 0 Å². The number of carbonyl (C=O) groups is 1. The van der Waals surface area contributed by atoms with Crippen LogP contribution in [0.15, 0.2) is 24.3 Å². The van der Waals surface area contributed by atoms with Crippen LogP contribution in [0.25, 0.3) is 0 Å². The Morgan fingerprint density at radius 2 is 2.10 bits per heavy atom. The zero-order valence-electron chi connectivity index (χ0n) is 11.3. The van der Waals surface area contributed by atoms with Gasteiger partial charge >= 0.3 is 12.6 Å². The van der Waals surface area contributed by atoms with Crippen LogP contribution in [0, 0.1) is 5.92 Å². The Morgan fingerprint density at radius 1 is 1.45 bits per heavy atom. The van der Waals surface area contributed by atoms with Crippen LogP contribution in [-0.2, 0) is 10.4 Å². The van der Waals surface area contributed by atoms with Gasteiger partial charge in [0.15, 0.2) is 0 Å². The normalized spacial score (nSPS) is 15.7. The lowest BCUT2D eigenvalue weighted by atomic mass is 9.80. The summed E-state index contributed by atoms with van der Waals surface area (Å²) in [5.74, 6) is -2.26. The number of aliphatic carboxylic acids is 1. The Hall–Kier alpha value is -1.69. The lowest BCUT2D eigenvalue weighted by Crippen LogP contribution is -2.37. The molecule has 0 aliphatic heterocycles. The number of carboxylic acids is 1. The van der Waals surface area contributed by atoms with E-state index in [0.29, 0.717) is 6.42 Å². The van der Waals surface area contributed by atoms with E-state index in [1.165, 1.54) is 31.2 Å². The number of alkyl halides is 2. The van der Waals surface area contributed by atoms with Crippen LogP contribution in [0.2, 0.25) is 0 Å². The van der Waals surface area contributed by atoms with E-state index in [0.717, 1.165) is 0 Å². The second-order valence-corrected chi connectivity index (χ2v) is 4.73. The predicted molar refractivity (Wildman–Crippen MR) is 68.7 cm³/mol. The van der Waals surface area contributed by atoms with Gasteiger partial charge in [0, 0.05) is 0 Å². The van der Waals surface area contributed by atoms with Crippen molar-refractivity contribution in [3.05, 3.63) is 29.8 Å². The third-order valence-electron chi connectivity index (χ3n) is 3.20. The van der Waals surface area contributed by atoms with Gasteiger partial charge in [-0.25, -0.2) is 0 Å². The molecule has 0 bridgehead atoms. The fraction of sp³-hybridized carbons (Fsp3) is 0.500. The molecule has 0 amide bonds. The van der Waals surface area contributed by atoms with Gasteiger partial charge in [0.05, 0.1) is 5.92 Å². The average Bonchev–Trinajstić information content (AvgIpc) is 2.34. The number of aliphatic hydroxyl groups is 1. The van der Waals surface area contributed by atoms with Crippen LogP contribution in [0.4, 0.5) is 8.78 Å². The first-order valence-corrected chi connectivity index (χ1v) is 6.29. The molecular weight excluding hydrogens is 270 g/mol. The number of hydrogen-bond acceptors (Lipinski definition) is 3. The Morgan fingerprint density at radius 3 is 2.60 bits per heavy atom. The highest BCUT2D eigenvalue weighted by molar-refractivity contribution is 5.72. The molecule has 0 fully saturated rings. The summed E-state index contributed by atoms with van der Waals surface area (Å²) in [6.07, 6.45) is 0.864. The maximum atomic E-state index is 12.2. The molecule has 0 aliphatic carbocycles. The van der Waals surface area contributed by atoms with Crippen molar-refractivity contribution in [2.45, 2.75) is 38.9 Å². The molecule has 20 heavy (non-hydrogen) atoms. The first kappa shape index (κ1) is 16.4. The molecule has 1 aromatic carbocycles. The first-order valence-electron chi connectivity index (χ1n) is 6.29. The highest BCUT2D eigenvalue weighted by Gasteiger charge is 2.38. The molecule has 0 spiro atoms. The van der Waals surface area contributed by atoms with Crippen molar-refractivity contribution in [1.82, 2.24) is 0 Å². The van der Waals surface area contributed by atoms with Crippen molar-refractivity contribution in [3.8, 4) is 5.75 Å². The van der Waals surface area contributed by atoms with Crippen molar-refractivity contribution in [2.75, 3.05) is 0 Å². The van der Waals surface area contributed by atoms with Gasteiger partial charge in [0.25, 0.3) is 0 Å². The number of benzene rings is 1. The average molecular weight is 288 g/mol. The van der Waals surface area contributed by atoms with Crippen LogP contribution >= 0.6 is 0 Å². The van der Waals surface area contributed by atoms with Crippen LogP contribution < -0.4 is 4.74 Å². The largest absolute Gasteiger partial charge is 0.481 e. The maximum absolute atomic E-state index is 12.2. The SMILES string of the molecule is CCCC(C(=O)O)C(C)(O)c1cccc(OC(F)F)c1. The van der Waals surface area contributed by atoms with Gasteiger partial charge in [-0.05, 0) is 31.0 Å². The van der Waals surface area contributed by atoms with Gasteiger partial charge < -0.3 is 14.9 Å². The highest BCUT2D eigenvalue weighted by Crippen LogP contribution is 2.34. The number of carboxylic acid groups (broad SMARTS) is 1. The number of hydrogen-bond donors (Lipinski definition) is 2. The summed E-state index contributed by atoms with van der Waals surface area (Å²) in [4.78, 5) is 11.3. The van der Waals surface area contributed by atoms with Crippen molar-refractivity contribution in [3.63, 3.8) is 0 Å². The van der Waals surface area contributed by atoms with Gasteiger partial charge in [-0.15, -0.1) is 0 Å². The molecule has 6 heteroatoms. The molecule has 0 aliphatic rings. The molecule has 1 rings (SSSR count). The Balaban J connectivity index is 3.09. The summed E-state index contributed by atoms with van der Waals surface area (Å²) in [5.41, 5.74) is -1.43. The standard InChI is InChI=1S/C14H18F2O4/c1-3-5-11(12(17)18)14(2,19)9-6-4-7-10(8-9)20-13(15)16/h4,6-8,11,13,19H,3,5H2,1-2H3,(H,17,18). The quantitative estimate of drug-likeness (QED) is 0.809. The molecule has 0 saturated carbocycles.